The van der Waals surface area contributed by atoms with Gasteiger partial charge in [0.25, 0.3) is 0 Å². The summed E-state index contributed by atoms with van der Waals surface area (Å²) in [5.41, 5.74) is -0.306. The topological polar surface area (TPSA) is 165 Å². The van der Waals surface area contributed by atoms with Crippen molar-refractivity contribution in [3.8, 4) is 0 Å². The summed E-state index contributed by atoms with van der Waals surface area (Å²) in [6.07, 6.45) is 0. The van der Waals surface area contributed by atoms with E-state index in [1.165, 1.54) is 0 Å². The molecule has 0 heterocycles. The van der Waals surface area contributed by atoms with Gasteiger partial charge in [-0.2, -0.15) is 4.31 Å². The van der Waals surface area contributed by atoms with Gasteiger partial charge in [-0.05, 0) is 0 Å². The van der Waals surface area contributed by atoms with Gasteiger partial charge in [0.05, 0.1) is 13.2 Å². The first-order valence-corrected chi connectivity index (χ1v) is 6.93. The highest BCUT2D eigenvalue weighted by Crippen LogP contribution is 2.53. The zero-order valence-electron chi connectivity index (χ0n) is 8.72. The van der Waals surface area contributed by atoms with Gasteiger partial charge >= 0.3 is 15.6 Å². The Balaban J connectivity index is 0. The van der Waals surface area contributed by atoms with Crippen molar-refractivity contribution in [2.45, 2.75) is 13.8 Å². The van der Waals surface area contributed by atoms with Crippen LogP contribution in [0.4, 0.5) is 0 Å². The molecule has 6 N–H and O–H groups in total. The average molecular weight is 282 g/mol. The quantitative estimate of drug-likeness (QED) is 0.361. The highest BCUT2D eigenvalue weighted by Gasteiger charge is 2.27. The van der Waals surface area contributed by atoms with Gasteiger partial charge in [-0.1, -0.05) is 13.8 Å². The van der Waals surface area contributed by atoms with Crippen LogP contribution in [0.3, 0.4) is 0 Å². The van der Waals surface area contributed by atoms with Gasteiger partial charge in [0.2, 0.25) is 0 Å². The molecule has 0 aliphatic heterocycles. The van der Waals surface area contributed by atoms with Crippen LogP contribution in [0.15, 0.2) is 0 Å². The van der Waals surface area contributed by atoms with Crippen LogP contribution >= 0.6 is 15.6 Å². The Kier molecular flexibility index (Phi) is 7.89. The van der Waals surface area contributed by atoms with Crippen molar-refractivity contribution < 1.29 is 43.2 Å². The molecule has 0 unspecified atom stereocenters. The number of aliphatic hydroxyl groups is 2. The van der Waals surface area contributed by atoms with E-state index >= 15 is 0 Å². The lowest BCUT2D eigenvalue weighted by Crippen LogP contribution is -2.20. The van der Waals surface area contributed by atoms with E-state index in [4.69, 9.17) is 29.8 Å². The van der Waals surface area contributed by atoms with E-state index in [1.54, 1.807) is 13.8 Å². The van der Waals surface area contributed by atoms with E-state index in [2.05, 4.69) is 4.31 Å². The lowest BCUT2D eigenvalue weighted by molar-refractivity contribution is 0.0857. The Morgan fingerprint density at radius 2 is 1.19 bits per heavy atom. The predicted molar refractivity (Wildman–Crippen MR) is 53.1 cm³/mol. The molecule has 0 aromatic rings. The highest BCUT2D eigenvalue weighted by molar-refractivity contribution is 7.60. The molecule has 0 rings (SSSR count). The van der Waals surface area contributed by atoms with Crippen LogP contribution in [-0.4, -0.2) is 43.0 Å². The molecular weight excluding hydrogens is 266 g/mol. The summed E-state index contributed by atoms with van der Waals surface area (Å²) in [6, 6.07) is 0. The normalized spacial score (nSPS) is 13.0. The average Bonchev–Trinajstić information content (AvgIpc) is 1.99. The first kappa shape index (κ1) is 18.5. The molecule has 0 saturated carbocycles. The molecule has 0 saturated heterocycles. The van der Waals surface area contributed by atoms with Crippen molar-refractivity contribution in [3.63, 3.8) is 0 Å². The van der Waals surface area contributed by atoms with Gasteiger partial charge in [0.1, 0.15) is 0 Å². The minimum absolute atomic E-state index is 0.0451. The summed E-state index contributed by atoms with van der Waals surface area (Å²) in [4.78, 5) is 31.0. The lowest BCUT2D eigenvalue weighted by Gasteiger charge is -2.16. The Morgan fingerprint density at radius 1 is 0.938 bits per heavy atom. The summed E-state index contributed by atoms with van der Waals surface area (Å²) in [5.74, 6) is 0. The first-order chi connectivity index (χ1) is 6.83. The van der Waals surface area contributed by atoms with Crippen molar-refractivity contribution in [3.05, 3.63) is 0 Å². The fourth-order valence-corrected chi connectivity index (χ4v) is 1.30. The fraction of sp³-hybridized carbons (Fsp3) is 1.00. The monoisotopic (exact) mass is 282 g/mol. The molecule has 100 valence electrons. The SMILES string of the molecule is CC(C)(CO)CO.O=P(O)(O)OP(=O)(O)O. The third-order valence-corrected chi connectivity index (χ3v) is 2.77. The van der Waals surface area contributed by atoms with Crippen molar-refractivity contribution in [1.82, 2.24) is 0 Å². The summed E-state index contributed by atoms with van der Waals surface area (Å²) in [5, 5.41) is 16.9. The van der Waals surface area contributed by atoms with E-state index in [0.29, 0.717) is 0 Å². The van der Waals surface area contributed by atoms with Gasteiger partial charge < -0.3 is 29.8 Å². The number of hydrogen-bond acceptors (Lipinski definition) is 5. The Hall–Kier alpha value is 0.180. The zero-order chi connectivity index (χ0) is 13.6. The minimum Gasteiger partial charge on any atom is -0.396 e. The predicted octanol–water partition coefficient (Wildman–Crippen LogP) is -0.814. The van der Waals surface area contributed by atoms with Gasteiger partial charge in [-0.3, -0.25) is 0 Å². The largest absolute Gasteiger partial charge is 0.478 e. The Labute approximate surface area is 92.2 Å². The van der Waals surface area contributed by atoms with Crippen LogP contribution in [0.5, 0.6) is 0 Å². The van der Waals surface area contributed by atoms with Crippen molar-refractivity contribution in [2.75, 3.05) is 13.2 Å². The smallest absolute Gasteiger partial charge is 0.396 e. The van der Waals surface area contributed by atoms with Crippen LogP contribution in [0.2, 0.25) is 0 Å². The third kappa shape index (κ3) is 16.6. The standard InChI is InChI=1S/C5H12O2.H4O7P2/c1-5(2,3-6)4-7;1-8(2,3)7-9(4,5)6/h6-7H,3-4H2,1-2H3;(H2,1,2,3)(H2,4,5,6). The molecule has 0 fully saturated rings. The van der Waals surface area contributed by atoms with E-state index in [1.807, 2.05) is 0 Å². The number of hydrogen-bond donors (Lipinski definition) is 6. The summed E-state index contributed by atoms with van der Waals surface area (Å²) in [7, 11) is -10.1. The van der Waals surface area contributed by atoms with Crippen LogP contribution in [-0.2, 0) is 13.4 Å². The molecule has 16 heavy (non-hydrogen) atoms. The molecule has 9 nitrogen and oxygen atoms in total. The van der Waals surface area contributed by atoms with E-state index in [9.17, 15) is 9.13 Å². The molecule has 0 aliphatic rings. The van der Waals surface area contributed by atoms with E-state index < -0.39 is 15.6 Å². The second kappa shape index (κ2) is 6.80. The lowest BCUT2D eigenvalue weighted by atomic mass is 9.97. The molecule has 0 aromatic carbocycles. The molecule has 0 atom stereocenters. The highest BCUT2D eigenvalue weighted by atomic mass is 31.3. The Morgan fingerprint density at radius 3 is 1.19 bits per heavy atom. The van der Waals surface area contributed by atoms with Crippen LogP contribution in [0.25, 0.3) is 0 Å². The minimum atomic E-state index is -5.05. The molecular formula is C5H16O9P2. The molecule has 0 aliphatic carbocycles. The molecule has 0 spiro atoms. The van der Waals surface area contributed by atoms with Gasteiger partial charge in [0, 0.05) is 5.41 Å². The second-order valence-electron chi connectivity index (χ2n) is 3.54. The molecule has 0 aromatic heterocycles. The second-order valence-corrected chi connectivity index (χ2v) is 6.16. The molecule has 0 bridgehead atoms. The molecule has 11 heteroatoms. The Bertz CT molecular complexity index is 250. The third-order valence-electron chi connectivity index (χ3n) is 1.07. The van der Waals surface area contributed by atoms with Gasteiger partial charge in [-0.25, -0.2) is 9.13 Å². The maximum Gasteiger partial charge on any atom is 0.478 e. The van der Waals surface area contributed by atoms with Crippen molar-refractivity contribution >= 4 is 15.6 Å². The summed E-state index contributed by atoms with van der Waals surface area (Å²) < 4.78 is 22.2. The van der Waals surface area contributed by atoms with Crippen molar-refractivity contribution in [1.29, 1.82) is 0 Å². The molecule has 0 radical (unpaired) electrons. The van der Waals surface area contributed by atoms with Gasteiger partial charge in [0.15, 0.2) is 0 Å². The zero-order valence-corrected chi connectivity index (χ0v) is 10.5. The first-order valence-electron chi connectivity index (χ1n) is 3.87. The maximum absolute atomic E-state index is 9.63. The number of rotatable bonds is 4. The number of phosphoric acid groups is 2. The summed E-state index contributed by atoms with van der Waals surface area (Å²) in [6.45, 7) is 3.69. The van der Waals surface area contributed by atoms with E-state index in [0.717, 1.165) is 0 Å². The van der Waals surface area contributed by atoms with E-state index in [-0.39, 0.29) is 18.6 Å². The fourth-order valence-electron chi connectivity index (χ4n) is 0.189. The molecule has 0 amide bonds. The van der Waals surface area contributed by atoms with Crippen LogP contribution < -0.4 is 0 Å². The van der Waals surface area contributed by atoms with Crippen LogP contribution in [0, 0.1) is 5.41 Å². The van der Waals surface area contributed by atoms with Crippen molar-refractivity contribution in [2.24, 2.45) is 5.41 Å². The summed E-state index contributed by atoms with van der Waals surface area (Å²) >= 11 is 0. The van der Waals surface area contributed by atoms with Crippen LogP contribution in [0.1, 0.15) is 13.8 Å². The maximum atomic E-state index is 9.63. The number of aliphatic hydroxyl groups excluding tert-OH is 2. The van der Waals surface area contributed by atoms with Gasteiger partial charge in [-0.15, -0.1) is 0 Å².